The highest BCUT2D eigenvalue weighted by Crippen LogP contribution is 2.38. The predicted molar refractivity (Wildman–Crippen MR) is 210 cm³/mol. The first-order chi connectivity index (χ1) is 24.4. The number of likely N-dealkylation sites (N-methyl/N-ethyl adjacent to an activating group) is 1. The topological polar surface area (TPSA) is 171 Å². The van der Waals surface area contributed by atoms with Crippen LogP contribution in [0.5, 0.6) is 5.75 Å². The van der Waals surface area contributed by atoms with Crippen molar-refractivity contribution >= 4 is 68.2 Å². The maximum absolute atomic E-state index is 12.7. The number of rotatable bonds is 23. The zero-order valence-corrected chi connectivity index (χ0v) is 33.6. The molecule has 5 N–H and O–H groups in total. The molecule has 2 rings (SSSR count). The van der Waals surface area contributed by atoms with Crippen molar-refractivity contribution < 1.29 is 43.2 Å². The fourth-order valence-corrected chi connectivity index (χ4v) is 7.99. The third-order valence-electron chi connectivity index (χ3n) is 6.90. The van der Waals surface area contributed by atoms with Crippen molar-refractivity contribution in [1.82, 2.24) is 15.5 Å². The Bertz CT molecular complexity index is 1270. The van der Waals surface area contributed by atoms with E-state index < -0.39 is 17.6 Å². The minimum atomic E-state index is -0.694. The van der Waals surface area contributed by atoms with Gasteiger partial charge in [0, 0.05) is 43.0 Å². The summed E-state index contributed by atoms with van der Waals surface area (Å²) in [5, 5.41) is 15.3. The van der Waals surface area contributed by atoms with Gasteiger partial charge in [-0.1, -0.05) is 75.9 Å². The van der Waals surface area contributed by atoms with Gasteiger partial charge in [-0.2, -0.15) is 5.82 Å². The standard InChI is InChI=1S/C33H53BN4O9S4/c1-7-38(5)31(42)32(50-48-6)47-25-19-27(46-26(25)20-39)34-12-9-14-36-28(40)21-43-16-17-44-29(49-51-33(2,3)4)22-45-24-11-8-10-23(18-24)30(41)37-15-13-35/h8,10-11,18,25-27,29,32,34,39H,7,13-17,19-22,35H2,1-6H3,(H,36,40)(H,37,41)/t25-,26?,27-,29?,32-/m1/s1. The minimum Gasteiger partial charge on any atom is -0.490 e. The van der Waals surface area contributed by atoms with Crippen LogP contribution < -0.4 is 21.1 Å². The SMILES string of the molecule is CCN(C)C(=O)[C@H](O[C@@H]1C[C@H](BC#CCNC(=O)COCCOC(COc2cccc(C(=O)NCCN)c2)SSC(C)(C)C)OC1CO)SSC. The van der Waals surface area contributed by atoms with Crippen molar-refractivity contribution in [3.8, 4) is 17.5 Å². The molecule has 1 heterocycles. The summed E-state index contributed by atoms with van der Waals surface area (Å²) in [6.07, 6.45) is 1.41. The number of hydrogen-bond donors (Lipinski definition) is 4. The Morgan fingerprint density at radius 2 is 2.00 bits per heavy atom. The zero-order chi connectivity index (χ0) is 37.6. The Morgan fingerprint density at radius 1 is 1.22 bits per heavy atom. The highest BCUT2D eigenvalue weighted by Gasteiger charge is 2.39. The molecule has 51 heavy (non-hydrogen) atoms. The first kappa shape index (κ1) is 45.4. The van der Waals surface area contributed by atoms with Gasteiger partial charge in [-0.3, -0.25) is 14.4 Å². The molecule has 0 aromatic heterocycles. The van der Waals surface area contributed by atoms with Gasteiger partial charge in [0.25, 0.3) is 11.8 Å². The first-order valence-electron chi connectivity index (χ1n) is 16.7. The van der Waals surface area contributed by atoms with Gasteiger partial charge in [0.15, 0.2) is 5.44 Å². The van der Waals surface area contributed by atoms with E-state index in [0.29, 0.717) is 44.6 Å². The van der Waals surface area contributed by atoms with Gasteiger partial charge in [0.05, 0.1) is 32.5 Å². The van der Waals surface area contributed by atoms with Gasteiger partial charge >= 0.3 is 0 Å². The fraction of sp³-hybridized carbons (Fsp3) is 0.667. The molecule has 0 radical (unpaired) electrons. The van der Waals surface area contributed by atoms with Crippen molar-refractivity contribution in [2.24, 2.45) is 5.73 Å². The Balaban J connectivity index is 1.72. The summed E-state index contributed by atoms with van der Waals surface area (Å²) < 4.78 is 29.5. The largest absolute Gasteiger partial charge is 0.490 e. The molecular formula is C33H53BN4O9S4. The normalized spacial score (nSPS) is 18.2. The maximum Gasteiger partial charge on any atom is 0.262 e. The molecule has 1 aromatic rings. The molecule has 3 amide bonds. The van der Waals surface area contributed by atoms with Crippen molar-refractivity contribution in [3.05, 3.63) is 29.8 Å². The molecule has 1 aliphatic heterocycles. The summed E-state index contributed by atoms with van der Waals surface area (Å²) in [4.78, 5) is 38.8. The predicted octanol–water partition coefficient (Wildman–Crippen LogP) is 2.11. The summed E-state index contributed by atoms with van der Waals surface area (Å²) in [6.45, 7) is 10.0. The molecule has 1 aliphatic rings. The van der Waals surface area contributed by atoms with Crippen LogP contribution >= 0.6 is 43.2 Å². The second-order valence-corrected chi connectivity index (χ2v) is 17.9. The Hall–Kier alpha value is -1.79. The van der Waals surface area contributed by atoms with Crippen LogP contribution in [0.15, 0.2) is 24.3 Å². The molecule has 0 spiro atoms. The van der Waals surface area contributed by atoms with Gasteiger partial charge in [0.1, 0.15) is 30.5 Å². The van der Waals surface area contributed by atoms with Gasteiger partial charge in [-0.05, 0) is 37.8 Å². The Morgan fingerprint density at radius 3 is 2.69 bits per heavy atom. The maximum atomic E-state index is 12.7. The van der Waals surface area contributed by atoms with Gasteiger partial charge in [-0.25, -0.2) is 0 Å². The number of benzene rings is 1. The minimum absolute atomic E-state index is 0.00290. The van der Waals surface area contributed by atoms with E-state index in [1.807, 2.05) is 13.2 Å². The number of aliphatic hydroxyl groups excluding tert-OH is 1. The van der Waals surface area contributed by atoms with Crippen LogP contribution in [0.3, 0.4) is 0 Å². The lowest BCUT2D eigenvalue weighted by Crippen LogP contribution is -2.40. The number of nitrogens with one attached hydrogen (secondary N) is 2. The van der Waals surface area contributed by atoms with E-state index in [9.17, 15) is 19.5 Å². The molecule has 1 aromatic carbocycles. The van der Waals surface area contributed by atoms with E-state index in [2.05, 4.69) is 43.1 Å². The number of ether oxygens (including phenoxy) is 5. The van der Waals surface area contributed by atoms with Gasteiger partial charge in [0.2, 0.25) is 13.2 Å². The number of hydrogen-bond acceptors (Lipinski definition) is 14. The third kappa shape index (κ3) is 18.7. The van der Waals surface area contributed by atoms with Crippen molar-refractivity contribution in [2.75, 3.05) is 72.5 Å². The number of nitrogens with zero attached hydrogens (tertiary/aromatic N) is 1. The molecule has 1 saturated heterocycles. The summed E-state index contributed by atoms with van der Waals surface area (Å²) in [6, 6.07) is 6.67. The summed E-state index contributed by atoms with van der Waals surface area (Å²) in [5.74, 6) is 5.84. The fourth-order valence-electron chi connectivity index (χ4n) is 4.27. The average Bonchev–Trinajstić information content (AvgIpc) is 3.51. The smallest absolute Gasteiger partial charge is 0.262 e. The van der Waals surface area contributed by atoms with E-state index in [4.69, 9.17) is 29.4 Å². The zero-order valence-electron chi connectivity index (χ0n) is 30.3. The molecule has 1 fully saturated rings. The number of carbonyl (C=O) groups is 3. The molecular weight excluding hydrogens is 735 g/mol. The first-order valence-corrected chi connectivity index (χ1v) is 21.6. The molecule has 0 saturated carbocycles. The van der Waals surface area contributed by atoms with E-state index >= 15 is 0 Å². The van der Waals surface area contributed by atoms with Crippen LogP contribution in [0.2, 0.25) is 0 Å². The van der Waals surface area contributed by atoms with E-state index in [0.717, 1.165) is 0 Å². The van der Waals surface area contributed by atoms with Gasteiger partial charge < -0.3 is 50.1 Å². The van der Waals surface area contributed by atoms with Gasteiger partial charge in [-0.15, -0.1) is 0 Å². The molecule has 5 atom stereocenters. The van der Waals surface area contributed by atoms with Crippen LogP contribution in [0.4, 0.5) is 0 Å². The third-order valence-corrected chi connectivity index (χ3v) is 12.2. The van der Waals surface area contributed by atoms with E-state index in [1.165, 1.54) is 21.6 Å². The second-order valence-electron chi connectivity index (χ2n) is 12.2. The van der Waals surface area contributed by atoms with Crippen molar-refractivity contribution in [3.63, 3.8) is 0 Å². The van der Waals surface area contributed by atoms with Crippen LogP contribution in [0.25, 0.3) is 0 Å². The highest BCUT2D eigenvalue weighted by molar-refractivity contribution is 8.77. The monoisotopic (exact) mass is 788 g/mol. The van der Waals surface area contributed by atoms with Crippen LogP contribution in [0, 0.1) is 11.7 Å². The van der Waals surface area contributed by atoms with Crippen LogP contribution in [-0.2, 0) is 28.5 Å². The number of carbonyl (C=O) groups excluding carboxylic acids is 3. The summed E-state index contributed by atoms with van der Waals surface area (Å²) in [7, 11) is 8.12. The lowest BCUT2D eigenvalue weighted by atomic mass is 9.71. The molecule has 286 valence electrons. The quantitative estimate of drug-likeness (QED) is 0.0418. The average molecular weight is 789 g/mol. The van der Waals surface area contributed by atoms with Crippen molar-refractivity contribution in [2.45, 2.75) is 67.9 Å². The number of nitrogens with two attached hydrogens (primary N) is 1. The molecule has 2 unspecified atom stereocenters. The second kappa shape index (κ2) is 25.3. The van der Waals surface area contributed by atoms with Crippen molar-refractivity contribution in [1.29, 1.82) is 0 Å². The Kier molecular flexibility index (Phi) is 22.5. The van der Waals surface area contributed by atoms with Crippen LogP contribution in [0.1, 0.15) is 44.5 Å². The highest BCUT2D eigenvalue weighted by atomic mass is 33.1. The van der Waals surface area contributed by atoms with E-state index in [-0.39, 0.29) is 73.5 Å². The lowest BCUT2D eigenvalue weighted by molar-refractivity contribution is -0.141. The lowest BCUT2D eigenvalue weighted by Gasteiger charge is -2.26. The Labute approximate surface area is 319 Å². The number of aliphatic hydroxyl groups is 1. The van der Waals surface area contributed by atoms with E-state index in [1.54, 1.807) is 57.8 Å². The molecule has 0 aliphatic carbocycles. The number of amides is 3. The molecule has 13 nitrogen and oxygen atoms in total. The molecule has 0 bridgehead atoms. The summed E-state index contributed by atoms with van der Waals surface area (Å²) >= 11 is 0. The van der Waals surface area contributed by atoms with Crippen LogP contribution in [-0.4, -0.2) is 141 Å². The summed E-state index contributed by atoms with van der Waals surface area (Å²) in [5.41, 5.74) is 4.94. The molecule has 18 heteroatoms.